The normalized spacial score (nSPS) is 9.86. The minimum atomic E-state index is -0.241. The summed E-state index contributed by atoms with van der Waals surface area (Å²) < 4.78 is 0. The summed E-state index contributed by atoms with van der Waals surface area (Å²) in [5.74, 6) is 5.10. The second-order valence-corrected chi connectivity index (χ2v) is 5.54. The Morgan fingerprint density at radius 1 is 1.43 bits per heavy atom. The van der Waals surface area contributed by atoms with Gasteiger partial charge in [0, 0.05) is 10.4 Å². The van der Waals surface area contributed by atoms with Crippen LogP contribution in [-0.2, 0) is 6.42 Å². The van der Waals surface area contributed by atoms with Crippen molar-refractivity contribution in [2.45, 2.75) is 20.3 Å². The Hall–Kier alpha value is -2.16. The number of nitrogens with one attached hydrogen (secondary N) is 1. The van der Waals surface area contributed by atoms with Crippen LogP contribution in [0.15, 0.2) is 24.3 Å². The van der Waals surface area contributed by atoms with Crippen molar-refractivity contribution in [2.75, 3.05) is 11.9 Å². The van der Waals surface area contributed by atoms with E-state index in [2.05, 4.69) is 22.1 Å². The SMILES string of the molecule is CCc1nc(NC(=O)c2ccccc2C#CCO)sc1C. The van der Waals surface area contributed by atoms with Crippen molar-refractivity contribution in [1.29, 1.82) is 0 Å². The van der Waals surface area contributed by atoms with Gasteiger partial charge < -0.3 is 5.11 Å². The molecule has 0 fully saturated rings. The molecule has 0 aliphatic rings. The summed E-state index contributed by atoms with van der Waals surface area (Å²) in [4.78, 5) is 17.8. The number of hydrogen-bond acceptors (Lipinski definition) is 4. The average Bonchev–Trinajstić information content (AvgIpc) is 2.85. The third-order valence-corrected chi connectivity index (χ3v) is 3.85. The second-order valence-electron chi connectivity index (χ2n) is 4.34. The van der Waals surface area contributed by atoms with E-state index in [1.807, 2.05) is 13.8 Å². The first-order chi connectivity index (χ1) is 10.2. The Morgan fingerprint density at radius 2 is 2.19 bits per heavy atom. The number of anilines is 1. The molecular weight excluding hydrogens is 284 g/mol. The first-order valence-electron chi connectivity index (χ1n) is 6.62. The van der Waals surface area contributed by atoms with Gasteiger partial charge in [-0.3, -0.25) is 10.1 Å². The molecule has 0 aliphatic heterocycles. The minimum Gasteiger partial charge on any atom is -0.384 e. The van der Waals surface area contributed by atoms with Crippen molar-refractivity contribution in [3.63, 3.8) is 0 Å². The smallest absolute Gasteiger partial charge is 0.258 e. The Morgan fingerprint density at radius 3 is 2.86 bits per heavy atom. The van der Waals surface area contributed by atoms with E-state index >= 15 is 0 Å². The topological polar surface area (TPSA) is 62.2 Å². The molecule has 108 valence electrons. The molecule has 0 spiro atoms. The van der Waals surface area contributed by atoms with E-state index in [0.717, 1.165) is 17.0 Å². The molecular formula is C16H16N2O2S. The van der Waals surface area contributed by atoms with Crippen LogP contribution in [0, 0.1) is 18.8 Å². The fourth-order valence-electron chi connectivity index (χ4n) is 1.90. The monoisotopic (exact) mass is 300 g/mol. The Bertz CT molecular complexity index is 711. The van der Waals surface area contributed by atoms with Crippen LogP contribution in [0.5, 0.6) is 0 Å². The Balaban J connectivity index is 2.24. The molecule has 0 atom stereocenters. The minimum absolute atomic E-state index is 0.235. The summed E-state index contributed by atoms with van der Waals surface area (Å²) in [7, 11) is 0. The molecule has 2 N–H and O–H groups in total. The van der Waals surface area contributed by atoms with Gasteiger partial charge in [-0.2, -0.15) is 0 Å². The third-order valence-electron chi connectivity index (χ3n) is 2.92. The van der Waals surface area contributed by atoms with Gasteiger partial charge >= 0.3 is 0 Å². The lowest BCUT2D eigenvalue weighted by Crippen LogP contribution is -2.13. The van der Waals surface area contributed by atoms with E-state index in [1.54, 1.807) is 24.3 Å². The number of hydrogen-bond donors (Lipinski definition) is 2. The number of nitrogens with zero attached hydrogens (tertiary/aromatic N) is 1. The van der Waals surface area contributed by atoms with Crippen molar-refractivity contribution in [3.8, 4) is 11.8 Å². The lowest BCUT2D eigenvalue weighted by atomic mass is 10.1. The molecule has 0 radical (unpaired) electrons. The van der Waals surface area contributed by atoms with E-state index in [0.29, 0.717) is 16.3 Å². The van der Waals surface area contributed by atoms with Gasteiger partial charge in [-0.05, 0) is 25.5 Å². The zero-order valence-electron chi connectivity index (χ0n) is 11.9. The number of aryl methyl sites for hydroxylation is 2. The summed E-state index contributed by atoms with van der Waals surface area (Å²) >= 11 is 1.47. The number of aliphatic hydroxyl groups is 1. The summed E-state index contributed by atoms with van der Waals surface area (Å²) in [5, 5.41) is 12.2. The fraction of sp³-hybridized carbons (Fsp3) is 0.250. The molecule has 4 nitrogen and oxygen atoms in total. The first-order valence-corrected chi connectivity index (χ1v) is 7.43. The first kappa shape index (κ1) is 15.2. The lowest BCUT2D eigenvalue weighted by Gasteiger charge is -2.04. The largest absolute Gasteiger partial charge is 0.384 e. The molecule has 5 heteroatoms. The Kier molecular flexibility index (Phi) is 5.09. The lowest BCUT2D eigenvalue weighted by molar-refractivity contribution is 0.102. The van der Waals surface area contributed by atoms with Crippen LogP contribution in [-0.4, -0.2) is 22.6 Å². The molecule has 1 aromatic heterocycles. The number of rotatable bonds is 3. The Labute approximate surface area is 127 Å². The van der Waals surface area contributed by atoms with Gasteiger partial charge in [0.15, 0.2) is 5.13 Å². The van der Waals surface area contributed by atoms with Crippen molar-refractivity contribution < 1.29 is 9.90 Å². The highest BCUT2D eigenvalue weighted by Gasteiger charge is 2.13. The second kappa shape index (κ2) is 7.02. The molecule has 0 unspecified atom stereocenters. The van der Waals surface area contributed by atoms with Crippen LogP contribution < -0.4 is 5.32 Å². The molecule has 0 bridgehead atoms. The molecule has 2 rings (SSSR count). The van der Waals surface area contributed by atoms with E-state index in [4.69, 9.17) is 5.11 Å². The molecule has 1 heterocycles. The summed E-state index contributed by atoms with van der Waals surface area (Å²) in [6, 6.07) is 7.05. The van der Waals surface area contributed by atoms with E-state index in [9.17, 15) is 4.79 Å². The van der Waals surface area contributed by atoms with Crippen molar-refractivity contribution in [3.05, 3.63) is 46.0 Å². The molecule has 1 aromatic carbocycles. The number of thiazole rings is 1. The molecule has 21 heavy (non-hydrogen) atoms. The van der Waals surface area contributed by atoms with Crippen LogP contribution in [0.3, 0.4) is 0 Å². The van der Waals surface area contributed by atoms with Gasteiger partial charge in [0.1, 0.15) is 6.61 Å². The van der Waals surface area contributed by atoms with E-state index in [-0.39, 0.29) is 12.5 Å². The third kappa shape index (κ3) is 3.69. The van der Waals surface area contributed by atoms with Gasteiger partial charge in [0.25, 0.3) is 5.91 Å². The van der Waals surface area contributed by atoms with Crippen LogP contribution in [0.4, 0.5) is 5.13 Å². The maximum absolute atomic E-state index is 12.3. The van der Waals surface area contributed by atoms with Gasteiger partial charge in [0.05, 0.1) is 11.3 Å². The molecule has 1 amide bonds. The maximum Gasteiger partial charge on any atom is 0.258 e. The number of carbonyl (C=O) groups excluding carboxylic acids is 1. The fourth-order valence-corrected chi connectivity index (χ4v) is 2.80. The zero-order chi connectivity index (χ0) is 15.2. The highest BCUT2D eigenvalue weighted by molar-refractivity contribution is 7.15. The standard InChI is InChI=1S/C16H16N2O2S/c1-3-14-11(2)21-16(17-14)18-15(20)13-9-5-4-7-12(13)8-6-10-19/h4-5,7,9,19H,3,10H2,1-2H3,(H,17,18,20). The maximum atomic E-state index is 12.3. The summed E-state index contributed by atoms with van der Waals surface area (Å²) in [6.45, 7) is 3.79. The van der Waals surface area contributed by atoms with Crippen LogP contribution in [0.2, 0.25) is 0 Å². The molecule has 0 aliphatic carbocycles. The highest BCUT2D eigenvalue weighted by atomic mass is 32.1. The number of aliphatic hydroxyl groups excluding tert-OH is 1. The predicted octanol–water partition coefficient (Wildman–Crippen LogP) is 2.61. The highest BCUT2D eigenvalue weighted by Crippen LogP contribution is 2.23. The van der Waals surface area contributed by atoms with Crippen molar-refractivity contribution in [2.24, 2.45) is 0 Å². The summed E-state index contributed by atoms with van der Waals surface area (Å²) in [6.07, 6.45) is 0.844. The van der Waals surface area contributed by atoms with Crippen molar-refractivity contribution >= 4 is 22.4 Å². The van der Waals surface area contributed by atoms with Crippen LogP contribution >= 0.6 is 11.3 Å². The van der Waals surface area contributed by atoms with Gasteiger partial charge in [0.2, 0.25) is 0 Å². The zero-order valence-corrected chi connectivity index (χ0v) is 12.8. The summed E-state index contributed by atoms with van der Waals surface area (Å²) in [5.41, 5.74) is 2.07. The number of carbonyl (C=O) groups is 1. The van der Waals surface area contributed by atoms with Crippen molar-refractivity contribution in [1.82, 2.24) is 4.98 Å². The van der Waals surface area contributed by atoms with E-state index < -0.39 is 0 Å². The quantitative estimate of drug-likeness (QED) is 0.857. The number of benzene rings is 1. The van der Waals surface area contributed by atoms with Crippen LogP contribution in [0.25, 0.3) is 0 Å². The molecule has 0 saturated heterocycles. The van der Waals surface area contributed by atoms with Gasteiger partial charge in [-0.25, -0.2) is 4.98 Å². The predicted molar refractivity (Wildman–Crippen MR) is 84.6 cm³/mol. The van der Waals surface area contributed by atoms with Gasteiger partial charge in [-0.1, -0.05) is 30.9 Å². The van der Waals surface area contributed by atoms with Gasteiger partial charge in [-0.15, -0.1) is 11.3 Å². The van der Waals surface area contributed by atoms with Crippen LogP contribution in [0.1, 0.15) is 33.4 Å². The molecule has 0 saturated carbocycles. The number of aromatic nitrogens is 1. The number of amides is 1. The average molecular weight is 300 g/mol. The van der Waals surface area contributed by atoms with E-state index in [1.165, 1.54) is 11.3 Å². The molecule has 2 aromatic rings.